The number of carbonyl (C=O) groups is 1. The summed E-state index contributed by atoms with van der Waals surface area (Å²) in [5, 5.41) is 0. The van der Waals surface area contributed by atoms with Crippen LogP contribution in [0.5, 0.6) is 0 Å². The van der Waals surface area contributed by atoms with E-state index in [1.165, 1.54) is 6.26 Å². The Labute approximate surface area is 111 Å². The summed E-state index contributed by atoms with van der Waals surface area (Å²) in [4.78, 5) is 11.2. The molecule has 12 heavy (non-hydrogen) atoms. The smallest absolute Gasteiger partial charge is 0.341 e. The van der Waals surface area contributed by atoms with Gasteiger partial charge in [0.2, 0.25) is 3.23 Å². The largest absolute Gasteiger partial charge is 0.432 e. The van der Waals surface area contributed by atoms with Gasteiger partial charge in [0.15, 0.2) is 3.23 Å². The van der Waals surface area contributed by atoms with Crippen molar-refractivity contribution in [2.45, 2.75) is 6.47 Å². The molecule has 2 nitrogen and oxygen atoms in total. The number of rotatable bonds is 0. The zero-order valence-electron chi connectivity index (χ0n) is 5.28. The lowest BCUT2D eigenvalue weighted by molar-refractivity contribution is -0.138. The van der Waals surface area contributed by atoms with E-state index in [-0.39, 0.29) is 0 Å². The molecule has 0 aromatic rings. The SMILES string of the molecule is O=C1OC=C(Br)C(Br)(Br)C1(Br)Br. The highest BCUT2D eigenvalue weighted by atomic mass is 79.9. The Kier molecular flexibility index (Phi) is 3.54. The van der Waals surface area contributed by atoms with Gasteiger partial charge in [-0.05, 0) is 15.9 Å². The average Bonchev–Trinajstić information content (AvgIpc) is 1.96. The van der Waals surface area contributed by atoms with Gasteiger partial charge in [-0.1, -0.05) is 63.7 Å². The molecule has 0 aliphatic carbocycles. The lowest BCUT2D eigenvalue weighted by Crippen LogP contribution is -2.45. The molecule has 0 radical (unpaired) electrons. The highest BCUT2D eigenvalue weighted by Crippen LogP contribution is 2.56. The molecule has 1 aliphatic rings. The minimum Gasteiger partial charge on any atom is -0.432 e. The molecular formula is C5HBr5O2. The minimum absolute atomic E-state index is 0.431. The van der Waals surface area contributed by atoms with Crippen LogP contribution in [-0.2, 0) is 9.53 Å². The summed E-state index contributed by atoms with van der Waals surface area (Å²) in [6.07, 6.45) is 1.33. The summed E-state index contributed by atoms with van der Waals surface area (Å²) in [7, 11) is 0. The zero-order valence-corrected chi connectivity index (χ0v) is 13.2. The molecule has 1 heterocycles. The molecule has 0 saturated carbocycles. The van der Waals surface area contributed by atoms with E-state index in [0.717, 1.165) is 0 Å². The van der Waals surface area contributed by atoms with Gasteiger partial charge in [-0.3, -0.25) is 0 Å². The minimum atomic E-state index is -1.01. The fourth-order valence-electron chi connectivity index (χ4n) is 0.531. The first-order valence-electron chi connectivity index (χ1n) is 2.63. The molecule has 7 heteroatoms. The Hall–Kier alpha value is 1.61. The van der Waals surface area contributed by atoms with Crippen LogP contribution in [0, 0.1) is 0 Å². The van der Waals surface area contributed by atoms with Gasteiger partial charge in [0.25, 0.3) is 0 Å². The standard InChI is InChI=1S/C5HBr5O2/c6-2-1-12-3(11)5(9,10)4(2,7)8/h1H. The maximum absolute atomic E-state index is 11.2. The molecule has 0 saturated heterocycles. The molecule has 1 aliphatic heterocycles. The summed E-state index contributed by atoms with van der Waals surface area (Å²) in [5.41, 5.74) is 0. The molecule has 1 rings (SSSR count). The molecule has 0 bridgehead atoms. The summed E-state index contributed by atoms with van der Waals surface area (Å²) in [5.74, 6) is -0.431. The maximum Gasteiger partial charge on any atom is 0.341 e. The van der Waals surface area contributed by atoms with Crippen LogP contribution in [0.1, 0.15) is 0 Å². The van der Waals surface area contributed by atoms with Crippen LogP contribution in [0.4, 0.5) is 0 Å². The van der Waals surface area contributed by atoms with Crippen molar-refractivity contribution in [1.82, 2.24) is 0 Å². The molecule has 0 aromatic carbocycles. The number of cyclic esters (lactones) is 1. The van der Waals surface area contributed by atoms with Gasteiger partial charge in [-0.2, -0.15) is 0 Å². The van der Waals surface area contributed by atoms with Crippen LogP contribution < -0.4 is 0 Å². The van der Waals surface area contributed by atoms with Crippen LogP contribution >= 0.6 is 79.6 Å². The van der Waals surface area contributed by atoms with E-state index in [2.05, 4.69) is 79.6 Å². The van der Waals surface area contributed by atoms with Crippen LogP contribution in [0.2, 0.25) is 0 Å². The third kappa shape index (κ3) is 1.71. The first-order chi connectivity index (χ1) is 5.30. The average molecular weight is 493 g/mol. The highest BCUT2D eigenvalue weighted by molar-refractivity contribution is 9.31. The van der Waals surface area contributed by atoms with Crippen molar-refractivity contribution in [3.05, 3.63) is 10.7 Å². The Bertz CT molecular complexity index is 257. The van der Waals surface area contributed by atoms with Gasteiger partial charge in [0.05, 0.1) is 4.48 Å². The Morgan fingerprint density at radius 2 is 1.67 bits per heavy atom. The molecular weight excluding hydrogens is 492 g/mol. The van der Waals surface area contributed by atoms with E-state index in [4.69, 9.17) is 4.74 Å². The second kappa shape index (κ2) is 3.64. The van der Waals surface area contributed by atoms with E-state index in [9.17, 15) is 4.79 Å². The van der Waals surface area contributed by atoms with Gasteiger partial charge in [-0.15, -0.1) is 0 Å². The van der Waals surface area contributed by atoms with E-state index < -0.39 is 12.4 Å². The molecule has 0 atom stereocenters. The Balaban J connectivity index is 3.18. The Morgan fingerprint density at radius 1 is 1.17 bits per heavy atom. The maximum atomic E-state index is 11.2. The molecule has 0 spiro atoms. The summed E-state index contributed by atoms with van der Waals surface area (Å²) in [6, 6.07) is 0. The van der Waals surface area contributed by atoms with Crippen molar-refractivity contribution in [3.63, 3.8) is 0 Å². The number of halogens is 5. The van der Waals surface area contributed by atoms with Gasteiger partial charge in [0, 0.05) is 0 Å². The number of ether oxygens (including phenoxy) is 1. The van der Waals surface area contributed by atoms with Crippen LogP contribution in [-0.4, -0.2) is 12.4 Å². The zero-order chi connectivity index (χ0) is 9.57. The third-order valence-corrected chi connectivity index (χ3v) is 9.07. The second-order valence-electron chi connectivity index (χ2n) is 2.02. The molecule has 68 valence electrons. The highest BCUT2D eigenvalue weighted by Gasteiger charge is 2.56. The van der Waals surface area contributed by atoms with E-state index in [1.807, 2.05) is 0 Å². The second-order valence-corrected chi connectivity index (χ2v) is 9.76. The lowest BCUT2D eigenvalue weighted by atomic mass is 10.3. The Morgan fingerprint density at radius 3 is 2.08 bits per heavy atom. The third-order valence-electron chi connectivity index (χ3n) is 1.22. The monoisotopic (exact) mass is 488 g/mol. The fourth-order valence-corrected chi connectivity index (χ4v) is 2.58. The van der Waals surface area contributed by atoms with Crippen LogP contribution in [0.25, 0.3) is 0 Å². The van der Waals surface area contributed by atoms with Crippen molar-refractivity contribution >= 4 is 85.6 Å². The van der Waals surface area contributed by atoms with Gasteiger partial charge >= 0.3 is 5.97 Å². The molecule has 0 aromatic heterocycles. The van der Waals surface area contributed by atoms with Gasteiger partial charge in [-0.25, -0.2) is 4.79 Å². The first-order valence-corrected chi connectivity index (χ1v) is 6.59. The molecule has 0 unspecified atom stereocenters. The van der Waals surface area contributed by atoms with Crippen LogP contribution in [0.15, 0.2) is 10.7 Å². The van der Waals surface area contributed by atoms with Crippen molar-refractivity contribution in [3.8, 4) is 0 Å². The lowest BCUT2D eigenvalue weighted by Gasteiger charge is -2.34. The molecule has 0 fully saturated rings. The molecule has 0 amide bonds. The van der Waals surface area contributed by atoms with E-state index in [1.54, 1.807) is 0 Å². The summed E-state index contributed by atoms with van der Waals surface area (Å²) in [6.45, 7) is 0. The van der Waals surface area contributed by atoms with Gasteiger partial charge < -0.3 is 4.74 Å². The van der Waals surface area contributed by atoms with E-state index in [0.29, 0.717) is 4.48 Å². The summed E-state index contributed by atoms with van der Waals surface area (Å²) < 4.78 is 3.66. The first kappa shape index (κ1) is 11.7. The molecule has 0 N–H and O–H groups in total. The fraction of sp³-hybridized carbons (Fsp3) is 0.400. The van der Waals surface area contributed by atoms with Gasteiger partial charge in [0.1, 0.15) is 6.26 Å². The number of alkyl halides is 4. The predicted octanol–water partition coefficient (Wildman–Crippen LogP) is 3.75. The normalized spacial score (nSPS) is 26.1. The van der Waals surface area contributed by atoms with Crippen molar-refractivity contribution < 1.29 is 9.53 Å². The quantitative estimate of drug-likeness (QED) is 0.380. The number of hydrogen-bond acceptors (Lipinski definition) is 2. The van der Waals surface area contributed by atoms with Crippen molar-refractivity contribution in [1.29, 1.82) is 0 Å². The van der Waals surface area contributed by atoms with Crippen molar-refractivity contribution in [2.75, 3.05) is 0 Å². The van der Waals surface area contributed by atoms with E-state index >= 15 is 0 Å². The van der Waals surface area contributed by atoms with Crippen LogP contribution in [0.3, 0.4) is 0 Å². The number of allylic oxidation sites excluding steroid dienone is 1. The predicted molar refractivity (Wildman–Crippen MR) is 64.3 cm³/mol. The number of esters is 1. The number of carbonyl (C=O) groups excluding carboxylic acids is 1. The topological polar surface area (TPSA) is 26.3 Å². The summed E-state index contributed by atoms with van der Waals surface area (Å²) >= 11 is 16.3. The van der Waals surface area contributed by atoms with Crippen molar-refractivity contribution in [2.24, 2.45) is 0 Å². The number of hydrogen-bond donors (Lipinski definition) is 0.